The summed E-state index contributed by atoms with van der Waals surface area (Å²) in [6, 6.07) is 0. The Morgan fingerprint density at radius 2 is 1.61 bits per heavy atom. The number of benzene rings is 1. The average Bonchev–Trinajstić information content (AvgIpc) is 2.77. The first kappa shape index (κ1) is 24.5. The maximum absolute atomic E-state index is 13.9. The van der Waals surface area contributed by atoms with Crippen molar-refractivity contribution in [2.24, 2.45) is 21.8 Å². The molecule has 0 atom stereocenters. The number of carbonyl (C=O) groups is 1. The van der Waals surface area contributed by atoms with Gasteiger partial charge in [0.15, 0.2) is 23.3 Å². The Hall–Kier alpha value is -2.81. The Morgan fingerprint density at radius 3 is 2.23 bits per heavy atom. The number of hydrogen-bond acceptors (Lipinski definition) is 3. The van der Waals surface area contributed by atoms with Crippen LogP contribution in [0, 0.1) is 29.2 Å². The largest absolute Gasteiger partial charge is 0.387 e. The van der Waals surface area contributed by atoms with Crippen LogP contribution >= 0.6 is 0 Å². The first-order valence-electron chi connectivity index (χ1n) is 10.4. The molecular formula is C20H26F4N6O. The molecule has 3 N–H and O–H groups in total. The summed E-state index contributed by atoms with van der Waals surface area (Å²) in [4.78, 5) is 18.5. The molecular weight excluding hydrogens is 416 g/mol. The fraction of sp³-hybridized carbons (Fsp3) is 0.600. The van der Waals surface area contributed by atoms with Gasteiger partial charge in [0.05, 0.1) is 5.84 Å². The third-order valence-corrected chi connectivity index (χ3v) is 5.30. The van der Waals surface area contributed by atoms with Crippen LogP contribution in [0.25, 0.3) is 10.4 Å². The van der Waals surface area contributed by atoms with E-state index in [1.54, 1.807) is 0 Å². The number of aliphatic imine (C=N–C) groups is 1. The number of nitrogens with one attached hydrogen (secondary N) is 1. The Balaban J connectivity index is 1.74. The number of carbonyl (C=O) groups excluding carboxylic acids is 1. The quantitative estimate of drug-likeness (QED) is 0.0737. The Kier molecular flexibility index (Phi) is 9.58. The molecule has 1 aliphatic rings. The van der Waals surface area contributed by atoms with Gasteiger partial charge in [-0.25, -0.2) is 17.6 Å². The predicted octanol–water partition coefficient (Wildman–Crippen LogP) is 5.41. The molecule has 1 amide bonds. The third-order valence-electron chi connectivity index (χ3n) is 5.30. The van der Waals surface area contributed by atoms with Gasteiger partial charge in [0, 0.05) is 23.9 Å². The van der Waals surface area contributed by atoms with Crippen molar-refractivity contribution in [3.8, 4) is 0 Å². The van der Waals surface area contributed by atoms with Crippen molar-refractivity contribution in [3.63, 3.8) is 0 Å². The summed E-state index contributed by atoms with van der Waals surface area (Å²) >= 11 is 0. The minimum atomic E-state index is -1.92. The van der Waals surface area contributed by atoms with Gasteiger partial charge in [-0.15, -0.1) is 0 Å². The van der Waals surface area contributed by atoms with Crippen LogP contribution in [0.1, 0.15) is 68.1 Å². The lowest BCUT2D eigenvalue weighted by Crippen LogP contribution is -2.27. The van der Waals surface area contributed by atoms with E-state index < -0.39 is 40.4 Å². The summed E-state index contributed by atoms with van der Waals surface area (Å²) in [6.07, 6.45) is 8.71. The van der Waals surface area contributed by atoms with Gasteiger partial charge in [-0.3, -0.25) is 9.79 Å². The van der Waals surface area contributed by atoms with E-state index in [1.165, 1.54) is 19.3 Å². The molecule has 170 valence electrons. The van der Waals surface area contributed by atoms with Crippen LogP contribution in [-0.2, 0) is 0 Å². The predicted molar refractivity (Wildman–Crippen MR) is 109 cm³/mol. The van der Waals surface area contributed by atoms with Gasteiger partial charge < -0.3 is 11.1 Å². The lowest BCUT2D eigenvalue weighted by molar-refractivity contribution is 0.0942. The van der Waals surface area contributed by atoms with E-state index in [0.29, 0.717) is 18.9 Å². The van der Waals surface area contributed by atoms with Gasteiger partial charge in [0.25, 0.3) is 5.91 Å². The first-order chi connectivity index (χ1) is 14.9. The van der Waals surface area contributed by atoms with Crippen molar-refractivity contribution < 1.29 is 22.4 Å². The van der Waals surface area contributed by atoms with Gasteiger partial charge in [0.2, 0.25) is 0 Å². The second-order valence-corrected chi connectivity index (χ2v) is 7.48. The molecule has 1 aliphatic carbocycles. The van der Waals surface area contributed by atoms with E-state index >= 15 is 0 Å². The summed E-state index contributed by atoms with van der Waals surface area (Å²) < 4.78 is 55.4. The molecule has 0 aromatic heterocycles. The minimum absolute atomic E-state index is 0.0759. The highest BCUT2D eigenvalue weighted by atomic mass is 19.2. The minimum Gasteiger partial charge on any atom is -0.387 e. The van der Waals surface area contributed by atoms with Crippen molar-refractivity contribution in [2.75, 3.05) is 13.1 Å². The van der Waals surface area contributed by atoms with Crippen molar-refractivity contribution in [2.45, 2.75) is 57.8 Å². The fourth-order valence-electron chi connectivity index (χ4n) is 3.57. The summed E-state index contributed by atoms with van der Waals surface area (Å²) in [6.45, 7) is 0.702. The standard InChI is InChI=1S/C20H26F4N6O/c21-14-13(15(22)17(24)18(16(14)23)29-30-26)20(31)28-11-7-2-1-6-10-27-19(25)12-8-4-3-5-9-12/h12H,1-11H2,(H2,25,27)(H,28,31). The van der Waals surface area contributed by atoms with Crippen molar-refractivity contribution in [1.29, 1.82) is 0 Å². The number of azide groups is 1. The molecule has 0 spiro atoms. The molecule has 0 unspecified atom stereocenters. The Bertz CT molecular complexity index is 835. The van der Waals surface area contributed by atoms with E-state index in [2.05, 4.69) is 20.3 Å². The number of unbranched alkanes of at least 4 members (excludes halogenated alkanes) is 3. The molecule has 11 heteroatoms. The van der Waals surface area contributed by atoms with Crippen LogP contribution < -0.4 is 11.1 Å². The normalized spacial score (nSPS) is 14.9. The molecule has 1 saturated carbocycles. The molecule has 1 aromatic carbocycles. The van der Waals surface area contributed by atoms with E-state index in [1.807, 2.05) is 0 Å². The summed E-state index contributed by atoms with van der Waals surface area (Å²) in [5, 5.41) is 4.81. The monoisotopic (exact) mass is 442 g/mol. The highest BCUT2D eigenvalue weighted by Gasteiger charge is 2.28. The molecule has 31 heavy (non-hydrogen) atoms. The maximum Gasteiger partial charge on any atom is 0.257 e. The SMILES string of the molecule is [N-]=[N+]=Nc1c(F)c(F)c(C(=O)NCCCCCCN=C(N)C2CCCCC2)c(F)c1F. The second kappa shape index (κ2) is 12.1. The van der Waals surface area contributed by atoms with Crippen LogP contribution in [0.3, 0.4) is 0 Å². The summed E-state index contributed by atoms with van der Waals surface area (Å²) in [7, 11) is 0. The number of amides is 1. The van der Waals surface area contributed by atoms with Crippen molar-refractivity contribution in [3.05, 3.63) is 39.3 Å². The molecule has 1 aromatic rings. The van der Waals surface area contributed by atoms with E-state index in [-0.39, 0.29) is 6.54 Å². The van der Waals surface area contributed by atoms with Gasteiger partial charge in [-0.1, -0.05) is 37.2 Å². The molecule has 0 bridgehead atoms. The average molecular weight is 442 g/mol. The molecule has 0 heterocycles. The van der Waals surface area contributed by atoms with Crippen molar-refractivity contribution in [1.82, 2.24) is 5.32 Å². The van der Waals surface area contributed by atoms with Crippen LogP contribution in [0.4, 0.5) is 23.2 Å². The molecule has 0 radical (unpaired) electrons. The van der Waals surface area contributed by atoms with Gasteiger partial charge in [-0.05, 0) is 31.2 Å². The highest BCUT2D eigenvalue weighted by molar-refractivity contribution is 5.95. The van der Waals surface area contributed by atoms with E-state index in [0.717, 1.165) is 37.9 Å². The van der Waals surface area contributed by atoms with Gasteiger partial charge in [0.1, 0.15) is 11.3 Å². The molecule has 2 rings (SSSR count). The van der Waals surface area contributed by atoms with E-state index in [9.17, 15) is 22.4 Å². The van der Waals surface area contributed by atoms with Crippen LogP contribution in [0.5, 0.6) is 0 Å². The topological polar surface area (TPSA) is 116 Å². The number of halogens is 4. The number of nitrogens with zero attached hydrogens (tertiary/aromatic N) is 4. The number of rotatable bonds is 10. The van der Waals surface area contributed by atoms with Crippen LogP contribution in [0.15, 0.2) is 10.1 Å². The van der Waals surface area contributed by atoms with E-state index in [4.69, 9.17) is 11.3 Å². The number of hydrogen-bond donors (Lipinski definition) is 2. The molecule has 1 fully saturated rings. The number of amidine groups is 1. The maximum atomic E-state index is 13.9. The fourth-order valence-corrected chi connectivity index (χ4v) is 3.57. The molecule has 0 saturated heterocycles. The summed E-state index contributed by atoms with van der Waals surface area (Å²) in [5.74, 6) is -7.84. The summed E-state index contributed by atoms with van der Waals surface area (Å²) in [5.41, 5.74) is 11.4. The second-order valence-electron chi connectivity index (χ2n) is 7.48. The highest BCUT2D eigenvalue weighted by Crippen LogP contribution is 2.30. The zero-order chi connectivity index (χ0) is 22.8. The van der Waals surface area contributed by atoms with Crippen LogP contribution in [-0.4, -0.2) is 24.8 Å². The molecule has 0 aliphatic heterocycles. The van der Waals surface area contributed by atoms with Crippen molar-refractivity contribution >= 4 is 17.4 Å². The lowest BCUT2D eigenvalue weighted by Gasteiger charge is -2.20. The Morgan fingerprint density at radius 1 is 1.00 bits per heavy atom. The zero-order valence-electron chi connectivity index (χ0n) is 17.1. The smallest absolute Gasteiger partial charge is 0.257 e. The number of nitrogens with two attached hydrogens (primary N) is 1. The zero-order valence-corrected chi connectivity index (χ0v) is 17.1. The lowest BCUT2D eigenvalue weighted by atomic mass is 9.88. The molecule has 7 nitrogen and oxygen atoms in total. The van der Waals surface area contributed by atoms with Gasteiger partial charge in [-0.2, -0.15) is 0 Å². The first-order valence-corrected chi connectivity index (χ1v) is 10.4. The van der Waals surface area contributed by atoms with Gasteiger partial charge >= 0.3 is 0 Å². The Labute approximate surface area is 177 Å². The third kappa shape index (κ3) is 6.58. The van der Waals surface area contributed by atoms with Crippen LogP contribution in [0.2, 0.25) is 0 Å².